The van der Waals surface area contributed by atoms with Gasteiger partial charge in [0.15, 0.2) is 0 Å². The molecule has 0 amide bonds. The van der Waals surface area contributed by atoms with Gasteiger partial charge in [0, 0.05) is 6.04 Å². The predicted molar refractivity (Wildman–Crippen MR) is 91.7 cm³/mol. The van der Waals surface area contributed by atoms with E-state index in [0.717, 1.165) is 11.1 Å². The number of halogens is 2. The summed E-state index contributed by atoms with van der Waals surface area (Å²) in [5, 5.41) is 12.9. The van der Waals surface area contributed by atoms with Crippen molar-refractivity contribution in [3.63, 3.8) is 0 Å². The Hall–Kier alpha value is -2.15. The summed E-state index contributed by atoms with van der Waals surface area (Å²) in [4.78, 5) is 16.7. The molecule has 3 aromatic rings. The predicted octanol–water partition coefficient (Wildman–Crippen LogP) is 3.03. The van der Waals surface area contributed by atoms with E-state index in [0.29, 0.717) is 11.1 Å². The van der Waals surface area contributed by atoms with Gasteiger partial charge in [-0.05, 0) is 42.3 Å². The highest BCUT2D eigenvalue weighted by molar-refractivity contribution is 6.30. The van der Waals surface area contributed by atoms with Crippen molar-refractivity contribution in [3.8, 4) is 0 Å². The van der Waals surface area contributed by atoms with Crippen LogP contribution in [0, 0.1) is 5.82 Å². The van der Waals surface area contributed by atoms with E-state index in [2.05, 4.69) is 15.3 Å². The third-order valence-electron chi connectivity index (χ3n) is 4.02. The smallest absolute Gasteiger partial charge is 0.323 e. The zero-order valence-corrected chi connectivity index (χ0v) is 13.7. The maximum Gasteiger partial charge on any atom is 0.323 e. The molecule has 4 N–H and O–H groups in total. The second-order valence-corrected chi connectivity index (χ2v) is 6.09. The van der Waals surface area contributed by atoms with Crippen LogP contribution in [0.1, 0.15) is 30.1 Å². The maximum atomic E-state index is 13.6. The average Bonchev–Trinajstić information content (AvgIpc) is 2.94. The first-order valence-electron chi connectivity index (χ1n) is 7.51. The van der Waals surface area contributed by atoms with Gasteiger partial charge in [-0.15, -0.1) is 0 Å². The van der Waals surface area contributed by atoms with E-state index in [1.807, 2.05) is 25.1 Å². The van der Waals surface area contributed by atoms with Crippen LogP contribution < -0.4 is 11.0 Å². The van der Waals surface area contributed by atoms with Crippen molar-refractivity contribution < 1.29 is 9.50 Å². The number of aliphatic hydroxyl groups excluding tert-OH is 1. The molecule has 2 aromatic carbocycles. The molecule has 0 aliphatic carbocycles. The molecule has 0 bridgehead atoms. The number of hydrogen-bond donors (Lipinski definition) is 4. The lowest BCUT2D eigenvalue weighted by Crippen LogP contribution is -2.27. The minimum absolute atomic E-state index is 0.0466. The fourth-order valence-electron chi connectivity index (χ4n) is 2.70. The molecule has 1 aromatic heterocycles. The monoisotopic (exact) mass is 349 g/mol. The van der Waals surface area contributed by atoms with Gasteiger partial charge in [-0.25, -0.2) is 9.18 Å². The van der Waals surface area contributed by atoms with E-state index in [4.69, 9.17) is 11.6 Å². The number of rotatable bonds is 5. The summed E-state index contributed by atoms with van der Waals surface area (Å²) in [6.45, 7) is 1.75. The van der Waals surface area contributed by atoms with Gasteiger partial charge in [-0.2, -0.15) is 0 Å². The minimum atomic E-state index is -0.520. The molecule has 0 fully saturated rings. The molecule has 0 saturated carbocycles. The van der Waals surface area contributed by atoms with Gasteiger partial charge in [0.1, 0.15) is 5.82 Å². The van der Waals surface area contributed by atoms with Crippen molar-refractivity contribution in [2.24, 2.45) is 0 Å². The van der Waals surface area contributed by atoms with E-state index in [1.165, 1.54) is 12.1 Å². The van der Waals surface area contributed by atoms with Crippen molar-refractivity contribution in [1.82, 2.24) is 15.3 Å². The highest BCUT2D eigenvalue weighted by Gasteiger charge is 2.16. The van der Waals surface area contributed by atoms with Crippen LogP contribution in [0.4, 0.5) is 4.39 Å². The van der Waals surface area contributed by atoms with Gasteiger partial charge in [0.25, 0.3) is 0 Å². The summed E-state index contributed by atoms with van der Waals surface area (Å²) >= 11 is 5.70. The molecule has 0 aliphatic rings. The maximum absolute atomic E-state index is 13.6. The molecule has 7 heteroatoms. The van der Waals surface area contributed by atoms with E-state index >= 15 is 0 Å². The third-order valence-corrected chi connectivity index (χ3v) is 4.33. The van der Waals surface area contributed by atoms with Crippen molar-refractivity contribution in [2.45, 2.75) is 19.0 Å². The highest BCUT2D eigenvalue weighted by Crippen LogP contribution is 2.24. The molecule has 0 saturated heterocycles. The Morgan fingerprint density at radius 2 is 1.88 bits per heavy atom. The summed E-state index contributed by atoms with van der Waals surface area (Å²) < 4.78 is 13.6. The standard InChI is InChI=1S/C17H17ClFN3O2/c1-9(10-3-5-14-15(7-10)22-17(24)21-14)20-16(8-23)11-2-4-12(18)13(19)6-11/h2-7,9,16,20,23H,8H2,1H3,(H2,21,22,24). The zero-order chi connectivity index (χ0) is 17.3. The van der Waals surface area contributed by atoms with Crippen molar-refractivity contribution in [3.05, 3.63) is 68.8 Å². The Labute approximate surface area is 142 Å². The van der Waals surface area contributed by atoms with E-state index in [9.17, 15) is 14.3 Å². The number of fused-ring (bicyclic) bond motifs is 1. The largest absolute Gasteiger partial charge is 0.394 e. The van der Waals surface area contributed by atoms with Gasteiger partial charge >= 0.3 is 5.69 Å². The Morgan fingerprint density at radius 1 is 1.17 bits per heavy atom. The van der Waals surface area contributed by atoms with Crippen LogP contribution in [0.3, 0.4) is 0 Å². The molecular formula is C17H17ClFN3O2. The number of benzene rings is 2. The molecule has 2 unspecified atom stereocenters. The first kappa shape index (κ1) is 16.7. The van der Waals surface area contributed by atoms with Crippen molar-refractivity contribution in [1.29, 1.82) is 0 Å². The Kier molecular flexibility index (Phi) is 4.71. The van der Waals surface area contributed by atoms with Crippen LogP contribution >= 0.6 is 11.6 Å². The minimum Gasteiger partial charge on any atom is -0.394 e. The second kappa shape index (κ2) is 6.76. The zero-order valence-electron chi connectivity index (χ0n) is 12.9. The van der Waals surface area contributed by atoms with Crippen LogP contribution in [0.15, 0.2) is 41.2 Å². The van der Waals surface area contributed by atoms with Gasteiger partial charge < -0.3 is 20.4 Å². The first-order valence-corrected chi connectivity index (χ1v) is 7.89. The van der Waals surface area contributed by atoms with E-state index < -0.39 is 11.9 Å². The fraction of sp³-hybridized carbons (Fsp3) is 0.235. The molecule has 3 rings (SSSR count). The molecular weight excluding hydrogens is 333 g/mol. The molecule has 24 heavy (non-hydrogen) atoms. The third kappa shape index (κ3) is 3.36. The highest BCUT2D eigenvalue weighted by atomic mass is 35.5. The summed E-state index contributed by atoms with van der Waals surface area (Å²) in [5.74, 6) is -0.520. The van der Waals surface area contributed by atoms with Gasteiger partial charge in [-0.1, -0.05) is 23.7 Å². The Bertz CT molecular complexity index is 922. The first-order chi connectivity index (χ1) is 11.5. The normalized spacial score (nSPS) is 14.0. The van der Waals surface area contributed by atoms with Crippen molar-refractivity contribution >= 4 is 22.6 Å². The molecule has 5 nitrogen and oxygen atoms in total. The number of aromatic amines is 2. The number of aliphatic hydroxyl groups is 1. The summed E-state index contributed by atoms with van der Waals surface area (Å²) in [5.41, 5.74) is 2.74. The molecule has 0 aliphatic heterocycles. The topological polar surface area (TPSA) is 80.9 Å². The van der Waals surface area contributed by atoms with Crippen LogP contribution in [0.5, 0.6) is 0 Å². The summed E-state index contributed by atoms with van der Waals surface area (Å²) in [6, 6.07) is 9.47. The molecule has 2 atom stereocenters. The van der Waals surface area contributed by atoms with Crippen molar-refractivity contribution in [2.75, 3.05) is 6.61 Å². The second-order valence-electron chi connectivity index (χ2n) is 5.68. The number of H-pyrrole nitrogens is 2. The van der Waals surface area contributed by atoms with Crippen LogP contribution in [0.2, 0.25) is 5.02 Å². The van der Waals surface area contributed by atoms with Crippen LogP contribution in [-0.2, 0) is 0 Å². The van der Waals surface area contributed by atoms with E-state index in [-0.39, 0.29) is 23.4 Å². The summed E-state index contributed by atoms with van der Waals surface area (Å²) in [7, 11) is 0. The number of aromatic nitrogens is 2. The average molecular weight is 350 g/mol. The van der Waals surface area contributed by atoms with Crippen LogP contribution in [0.25, 0.3) is 11.0 Å². The fourth-order valence-corrected chi connectivity index (χ4v) is 2.82. The lowest BCUT2D eigenvalue weighted by Gasteiger charge is -2.22. The summed E-state index contributed by atoms with van der Waals surface area (Å²) in [6.07, 6.45) is 0. The van der Waals surface area contributed by atoms with E-state index in [1.54, 1.807) is 6.07 Å². The number of imidazole rings is 1. The molecule has 126 valence electrons. The van der Waals surface area contributed by atoms with Gasteiger partial charge in [0.2, 0.25) is 0 Å². The Morgan fingerprint density at radius 3 is 2.58 bits per heavy atom. The quantitative estimate of drug-likeness (QED) is 0.571. The lowest BCUT2D eigenvalue weighted by molar-refractivity contribution is 0.235. The molecule has 0 radical (unpaired) electrons. The Balaban J connectivity index is 1.83. The molecule has 0 spiro atoms. The van der Waals surface area contributed by atoms with Crippen LogP contribution in [-0.4, -0.2) is 21.7 Å². The van der Waals surface area contributed by atoms with Gasteiger partial charge in [-0.3, -0.25) is 0 Å². The SMILES string of the molecule is CC(NC(CO)c1ccc(Cl)c(F)c1)c1ccc2[nH]c(=O)[nH]c2c1. The molecule has 1 heterocycles. The number of nitrogens with one attached hydrogen (secondary N) is 3. The number of hydrogen-bond acceptors (Lipinski definition) is 3. The van der Waals surface area contributed by atoms with Gasteiger partial charge in [0.05, 0.1) is 28.7 Å². The lowest BCUT2D eigenvalue weighted by atomic mass is 10.0.